The average Bonchev–Trinajstić information content (AvgIpc) is 2.77. The highest BCUT2D eigenvalue weighted by molar-refractivity contribution is 5.76. The normalized spacial score (nSPS) is 21.5. The second kappa shape index (κ2) is 7.67. The largest absolute Gasteiger partial charge is 0.381 e. The highest BCUT2D eigenvalue weighted by Gasteiger charge is 2.21. The minimum Gasteiger partial charge on any atom is -0.381 e. The van der Waals surface area contributed by atoms with E-state index < -0.39 is 0 Å². The molecule has 0 radical (unpaired) electrons. The van der Waals surface area contributed by atoms with E-state index in [1.807, 2.05) is 18.7 Å². The number of amides is 1. The number of carbonyl (C=O) groups excluding carboxylic acids is 1. The first-order valence-corrected chi connectivity index (χ1v) is 6.74. The van der Waals surface area contributed by atoms with Crippen LogP contribution in [0.25, 0.3) is 0 Å². The molecule has 1 fully saturated rings. The number of hydrogen-bond donors (Lipinski definition) is 1. The molecule has 2 N–H and O–H groups in total. The Bertz CT molecular complexity index is 225. The van der Waals surface area contributed by atoms with Crippen molar-refractivity contribution in [2.75, 3.05) is 26.3 Å². The summed E-state index contributed by atoms with van der Waals surface area (Å²) < 4.78 is 5.34. The van der Waals surface area contributed by atoms with Crippen LogP contribution in [-0.2, 0) is 9.53 Å². The first-order valence-electron chi connectivity index (χ1n) is 6.74. The Kier molecular flexibility index (Phi) is 6.52. The average molecular weight is 242 g/mol. The molecule has 100 valence electrons. The monoisotopic (exact) mass is 242 g/mol. The van der Waals surface area contributed by atoms with Gasteiger partial charge in [-0.3, -0.25) is 4.79 Å². The number of rotatable bonds is 7. The molecule has 0 aromatic rings. The fourth-order valence-electron chi connectivity index (χ4n) is 2.18. The molecule has 0 bridgehead atoms. The summed E-state index contributed by atoms with van der Waals surface area (Å²) >= 11 is 0. The van der Waals surface area contributed by atoms with E-state index in [0.717, 1.165) is 45.6 Å². The van der Waals surface area contributed by atoms with Crippen molar-refractivity contribution in [1.29, 1.82) is 0 Å². The zero-order chi connectivity index (χ0) is 12.7. The third-order valence-corrected chi connectivity index (χ3v) is 3.29. The summed E-state index contributed by atoms with van der Waals surface area (Å²) in [5, 5.41) is 0. The lowest BCUT2D eigenvalue weighted by atomic mass is 10.1. The van der Waals surface area contributed by atoms with Gasteiger partial charge >= 0.3 is 0 Å². The van der Waals surface area contributed by atoms with E-state index in [4.69, 9.17) is 10.5 Å². The van der Waals surface area contributed by atoms with Crippen molar-refractivity contribution in [3.8, 4) is 0 Å². The summed E-state index contributed by atoms with van der Waals surface area (Å²) in [7, 11) is 0. The minimum absolute atomic E-state index is 0.195. The maximum absolute atomic E-state index is 12.0. The summed E-state index contributed by atoms with van der Waals surface area (Å²) in [4.78, 5) is 13.9. The summed E-state index contributed by atoms with van der Waals surface area (Å²) in [6, 6.07) is 0.195. The Morgan fingerprint density at radius 1 is 1.59 bits per heavy atom. The minimum atomic E-state index is 0.195. The van der Waals surface area contributed by atoms with Gasteiger partial charge in [0.15, 0.2) is 0 Å². The smallest absolute Gasteiger partial charge is 0.222 e. The lowest BCUT2D eigenvalue weighted by Gasteiger charge is -2.23. The Hall–Kier alpha value is -0.610. The molecule has 0 aromatic heterocycles. The van der Waals surface area contributed by atoms with E-state index in [-0.39, 0.29) is 11.9 Å². The van der Waals surface area contributed by atoms with Crippen molar-refractivity contribution < 1.29 is 9.53 Å². The van der Waals surface area contributed by atoms with E-state index in [2.05, 4.69) is 0 Å². The molecule has 0 aliphatic carbocycles. The van der Waals surface area contributed by atoms with Gasteiger partial charge in [0.1, 0.15) is 0 Å². The van der Waals surface area contributed by atoms with Crippen LogP contribution in [0.5, 0.6) is 0 Å². The van der Waals surface area contributed by atoms with Crippen molar-refractivity contribution >= 4 is 5.91 Å². The van der Waals surface area contributed by atoms with Crippen molar-refractivity contribution in [3.05, 3.63) is 0 Å². The molecule has 1 amide bonds. The van der Waals surface area contributed by atoms with Crippen LogP contribution in [0.15, 0.2) is 0 Å². The molecule has 0 aromatic carbocycles. The molecule has 2 atom stereocenters. The molecule has 0 saturated carbocycles. The van der Waals surface area contributed by atoms with Crippen LogP contribution >= 0.6 is 0 Å². The van der Waals surface area contributed by atoms with Gasteiger partial charge < -0.3 is 15.4 Å². The van der Waals surface area contributed by atoms with Crippen LogP contribution in [0.2, 0.25) is 0 Å². The van der Waals surface area contributed by atoms with E-state index in [1.165, 1.54) is 0 Å². The van der Waals surface area contributed by atoms with Crippen molar-refractivity contribution in [1.82, 2.24) is 4.90 Å². The van der Waals surface area contributed by atoms with Gasteiger partial charge in [0.25, 0.3) is 0 Å². The Labute approximate surface area is 104 Å². The zero-order valence-corrected chi connectivity index (χ0v) is 11.2. The van der Waals surface area contributed by atoms with Crippen molar-refractivity contribution in [2.24, 2.45) is 11.7 Å². The van der Waals surface area contributed by atoms with Crippen LogP contribution in [0.4, 0.5) is 0 Å². The Balaban J connectivity index is 2.25. The highest BCUT2D eigenvalue weighted by atomic mass is 16.5. The van der Waals surface area contributed by atoms with E-state index in [1.54, 1.807) is 0 Å². The van der Waals surface area contributed by atoms with Crippen LogP contribution in [0.1, 0.15) is 39.5 Å². The predicted octanol–water partition coefficient (Wildman–Crippen LogP) is 1.39. The van der Waals surface area contributed by atoms with E-state index in [0.29, 0.717) is 12.3 Å². The number of carbonyl (C=O) groups is 1. The molecule has 1 heterocycles. The molecule has 4 nitrogen and oxygen atoms in total. The first-order chi connectivity index (χ1) is 8.13. The molecule has 1 rings (SSSR count). The first kappa shape index (κ1) is 14.5. The van der Waals surface area contributed by atoms with Gasteiger partial charge in [0.2, 0.25) is 5.91 Å². The summed E-state index contributed by atoms with van der Waals surface area (Å²) in [6.45, 7) is 7.34. The Morgan fingerprint density at radius 2 is 2.35 bits per heavy atom. The molecule has 17 heavy (non-hydrogen) atoms. The molecular weight excluding hydrogens is 216 g/mol. The van der Waals surface area contributed by atoms with Gasteiger partial charge in [-0.1, -0.05) is 0 Å². The molecule has 1 aliphatic rings. The van der Waals surface area contributed by atoms with E-state index in [9.17, 15) is 4.79 Å². The standard InChI is InChI=1S/C13H26N2O2/c1-3-15(9-12-7-8-17-10-12)13(16)6-4-5-11(2)14/h11-12H,3-10,14H2,1-2H3. The van der Waals surface area contributed by atoms with Gasteiger partial charge in [-0.25, -0.2) is 0 Å². The van der Waals surface area contributed by atoms with Gasteiger partial charge in [-0.15, -0.1) is 0 Å². The topological polar surface area (TPSA) is 55.6 Å². The maximum atomic E-state index is 12.0. The molecule has 0 spiro atoms. The number of nitrogens with two attached hydrogens (primary N) is 1. The van der Waals surface area contributed by atoms with Gasteiger partial charge in [-0.2, -0.15) is 0 Å². The maximum Gasteiger partial charge on any atom is 0.222 e. The highest BCUT2D eigenvalue weighted by Crippen LogP contribution is 2.15. The molecular formula is C13H26N2O2. The van der Waals surface area contributed by atoms with Crippen LogP contribution in [0.3, 0.4) is 0 Å². The third-order valence-electron chi connectivity index (χ3n) is 3.29. The molecule has 1 aliphatic heterocycles. The summed E-state index contributed by atoms with van der Waals surface area (Å²) in [5.74, 6) is 0.799. The molecule has 1 saturated heterocycles. The van der Waals surface area contributed by atoms with Gasteiger partial charge in [0.05, 0.1) is 6.61 Å². The predicted molar refractivity (Wildman–Crippen MR) is 68.7 cm³/mol. The summed E-state index contributed by atoms with van der Waals surface area (Å²) in [6.07, 6.45) is 3.54. The lowest BCUT2D eigenvalue weighted by molar-refractivity contribution is -0.131. The number of hydrogen-bond acceptors (Lipinski definition) is 3. The van der Waals surface area contributed by atoms with Crippen molar-refractivity contribution in [3.63, 3.8) is 0 Å². The molecule has 4 heteroatoms. The van der Waals surface area contributed by atoms with Gasteiger partial charge in [-0.05, 0) is 33.1 Å². The number of nitrogens with zero attached hydrogens (tertiary/aromatic N) is 1. The zero-order valence-electron chi connectivity index (χ0n) is 11.2. The molecule has 2 unspecified atom stereocenters. The Morgan fingerprint density at radius 3 is 2.88 bits per heavy atom. The van der Waals surface area contributed by atoms with Crippen LogP contribution in [-0.4, -0.2) is 43.2 Å². The van der Waals surface area contributed by atoms with Crippen LogP contribution < -0.4 is 5.73 Å². The second-order valence-electron chi connectivity index (χ2n) is 5.03. The fraction of sp³-hybridized carbons (Fsp3) is 0.923. The quantitative estimate of drug-likeness (QED) is 0.734. The lowest BCUT2D eigenvalue weighted by Crippen LogP contribution is -2.35. The number of ether oxygens (including phenoxy) is 1. The van der Waals surface area contributed by atoms with Crippen LogP contribution in [0, 0.1) is 5.92 Å². The fourth-order valence-corrected chi connectivity index (χ4v) is 2.18. The second-order valence-corrected chi connectivity index (χ2v) is 5.03. The van der Waals surface area contributed by atoms with Crippen molar-refractivity contribution in [2.45, 2.75) is 45.6 Å². The summed E-state index contributed by atoms with van der Waals surface area (Å²) in [5.41, 5.74) is 5.68. The van der Waals surface area contributed by atoms with Gasteiger partial charge in [0, 0.05) is 38.1 Å². The SMILES string of the molecule is CCN(CC1CCOC1)C(=O)CCCC(C)N. The van der Waals surface area contributed by atoms with E-state index >= 15 is 0 Å². The third kappa shape index (κ3) is 5.50.